The molecule has 6 nitrogen and oxygen atoms in total. The van der Waals surface area contributed by atoms with Crippen molar-refractivity contribution in [1.29, 1.82) is 0 Å². The van der Waals surface area contributed by atoms with Gasteiger partial charge in [-0.15, -0.1) is 0 Å². The topological polar surface area (TPSA) is 92.7 Å². The van der Waals surface area contributed by atoms with Crippen molar-refractivity contribution in [3.8, 4) is 0 Å². The van der Waals surface area contributed by atoms with Crippen molar-refractivity contribution in [2.75, 3.05) is 7.11 Å². The summed E-state index contributed by atoms with van der Waals surface area (Å²) in [4.78, 5) is 11.1. The molecule has 0 saturated heterocycles. The molecule has 0 amide bonds. The normalized spacial score (nSPS) is 14.5. The summed E-state index contributed by atoms with van der Waals surface area (Å²) < 4.78 is 32.9. The number of benzene rings is 2. The minimum absolute atomic E-state index is 0.120. The van der Waals surface area contributed by atoms with Crippen molar-refractivity contribution in [3.05, 3.63) is 42.5 Å². The number of fused-ring (bicyclic) bond motifs is 1. The van der Waals surface area contributed by atoms with Gasteiger partial charge >= 0.3 is 5.97 Å². The Hall–Kier alpha value is -1.96. The maximum Gasteiger partial charge on any atom is 0.305 e. The van der Waals surface area contributed by atoms with Crippen LogP contribution in [0.5, 0.6) is 0 Å². The number of hydrogen-bond donors (Lipinski definition) is 2. The van der Waals surface area contributed by atoms with Crippen molar-refractivity contribution in [3.63, 3.8) is 0 Å². The molecule has 2 N–H and O–H groups in total. The molecule has 2 rings (SSSR count). The fourth-order valence-electron chi connectivity index (χ4n) is 2.35. The van der Waals surface area contributed by atoms with Crippen LogP contribution in [0.4, 0.5) is 0 Å². The molecule has 0 aliphatic carbocycles. The third-order valence-corrected chi connectivity index (χ3v) is 5.23. The Bertz CT molecular complexity index is 798. The Labute approximate surface area is 135 Å². The number of carboxylic acid groups (broad SMARTS) is 1. The van der Waals surface area contributed by atoms with E-state index >= 15 is 0 Å². The van der Waals surface area contributed by atoms with Gasteiger partial charge in [0.05, 0.1) is 23.5 Å². The van der Waals surface area contributed by atoms with Crippen molar-refractivity contribution >= 4 is 26.8 Å². The molecule has 124 valence electrons. The molecule has 0 unspecified atom stereocenters. The maximum atomic E-state index is 12.7. The van der Waals surface area contributed by atoms with Gasteiger partial charge in [-0.25, -0.2) is 13.1 Å². The average molecular weight is 337 g/mol. The SMILES string of the molecule is CO[C@H](C)[C@@H](CC(=O)O)NS(=O)(=O)c1cccc2ccccc12. The number of ether oxygens (including phenoxy) is 1. The summed E-state index contributed by atoms with van der Waals surface area (Å²) >= 11 is 0. The van der Waals surface area contributed by atoms with Gasteiger partial charge < -0.3 is 9.84 Å². The van der Waals surface area contributed by atoms with Crippen LogP contribution in [-0.4, -0.2) is 38.7 Å². The first kappa shape index (κ1) is 17.4. The molecule has 2 aromatic rings. The summed E-state index contributed by atoms with van der Waals surface area (Å²) in [5.41, 5.74) is 0. The number of methoxy groups -OCH3 is 1. The Balaban J connectivity index is 2.41. The Morgan fingerprint density at radius 2 is 1.87 bits per heavy atom. The van der Waals surface area contributed by atoms with Gasteiger partial charge in [0, 0.05) is 12.5 Å². The zero-order valence-electron chi connectivity index (χ0n) is 12.9. The number of rotatable bonds is 7. The fraction of sp³-hybridized carbons (Fsp3) is 0.312. The van der Waals surface area contributed by atoms with Crippen LogP contribution < -0.4 is 4.72 Å². The van der Waals surface area contributed by atoms with Crippen LogP contribution in [0.3, 0.4) is 0 Å². The van der Waals surface area contributed by atoms with Gasteiger partial charge in [-0.05, 0) is 18.4 Å². The molecule has 23 heavy (non-hydrogen) atoms. The van der Waals surface area contributed by atoms with E-state index in [0.717, 1.165) is 5.39 Å². The molecule has 0 aliphatic heterocycles. The van der Waals surface area contributed by atoms with E-state index in [1.807, 2.05) is 18.2 Å². The van der Waals surface area contributed by atoms with Crippen LogP contribution in [-0.2, 0) is 19.6 Å². The number of aliphatic carboxylic acids is 1. The van der Waals surface area contributed by atoms with E-state index in [9.17, 15) is 13.2 Å². The van der Waals surface area contributed by atoms with Crippen LogP contribution in [0.1, 0.15) is 13.3 Å². The maximum absolute atomic E-state index is 12.7. The van der Waals surface area contributed by atoms with Gasteiger partial charge in [0.1, 0.15) is 0 Å². The summed E-state index contributed by atoms with van der Waals surface area (Å²) in [5.74, 6) is -1.10. The van der Waals surface area contributed by atoms with E-state index in [2.05, 4.69) is 4.72 Å². The van der Waals surface area contributed by atoms with Gasteiger partial charge in [0.15, 0.2) is 0 Å². The number of carboxylic acids is 1. The highest BCUT2D eigenvalue weighted by Gasteiger charge is 2.27. The predicted molar refractivity (Wildman–Crippen MR) is 86.8 cm³/mol. The van der Waals surface area contributed by atoms with Crippen molar-refractivity contribution in [2.24, 2.45) is 0 Å². The van der Waals surface area contributed by atoms with E-state index < -0.39 is 28.1 Å². The smallest absolute Gasteiger partial charge is 0.305 e. The Morgan fingerprint density at radius 3 is 2.52 bits per heavy atom. The lowest BCUT2D eigenvalue weighted by atomic mass is 10.1. The van der Waals surface area contributed by atoms with Crippen LogP contribution in [0.25, 0.3) is 10.8 Å². The van der Waals surface area contributed by atoms with Gasteiger partial charge in [-0.1, -0.05) is 36.4 Å². The first-order valence-corrected chi connectivity index (χ1v) is 8.58. The van der Waals surface area contributed by atoms with Crippen LogP contribution >= 0.6 is 0 Å². The molecule has 0 bridgehead atoms. The van der Waals surface area contributed by atoms with Crippen LogP contribution in [0, 0.1) is 0 Å². The first-order chi connectivity index (χ1) is 10.8. The third kappa shape index (κ3) is 4.07. The molecule has 2 aromatic carbocycles. The van der Waals surface area contributed by atoms with E-state index in [0.29, 0.717) is 5.39 Å². The highest BCUT2D eigenvalue weighted by molar-refractivity contribution is 7.89. The van der Waals surface area contributed by atoms with E-state index in [1.54, 1.807) is 25.1 Å². The molecule has 2 atom stereocenters. The Morgan fingerprint density at radius 1 is 1.22 bits per heavy atom. The van der Waals surface area contributed by atoms with Crippen molar-refractivity contribution in [2.45, 2.75) is 30.4 Å². The van der Waals surface area contributed by atoms with E-state index in [1.165, 1.54) is 13.2 Å². The summed E-state index contributed by atoms with van der Waals surface area (Å²) in [6, 6.07) is 11.2. The largest absolute Gasteiger partial charge is 0.481 e. The third-order valence-electron chi connectivity index (χ3n) is 3.68. The predicted octanol–water partition coefficient (Wildman–Crippen LogP) is 2.00. The molecular formula is C16H19NO5S. The summed E-state index contributed by atoms with van der Waals surface area (Å²) in [5, 5.41) is 10.4. The lowest BCUT2D eigenvalue weighted by Gasteiger charge is -2.22. The standard InChI is InChI=1S/C16H19NO5S/c1-11(22-2)14(10-16(18)19)17-23(20,21)15-9-5-7-12-6-3-4-8-13(12)15/h3-9,11,14,17H,10H2,1-2H3,(H,18,19)/t11-,14-/m1/s1. The van der Waals surface area contributed by atoms with E-state index in [4.69, 9.17) is 9.84 Å². The monoisotopic (exact) mass is 337 g/mol. The average Bonchev–Trinajstić information content (AvgIpc) is 2.52. The van der Waals surface area contributed by atoms with E-state index in [-0.39, 0.29) is 11.3 Å². The molecule has 0 saturated carbocycles. The molecule has 7 heteroatoms. The lowest BCUT2D eigenvalue weighted by molar-refractivity contribution is -0.138. The number of sulfonamides is 1. The second kappa shape index (κ2) is 7.08. The minimum atomic E-state index is -3.88. The molecule has 0 heterocycles. The molecule has 0 spiro atoms. The number of nitrogens with one attached hydrogen (secondary N) is 1. The number of carbonyl (C=O) groups is 1. The van der Waals surface area contributed by atoms with Crippen molar-refractivity contribution < 1.29 is 23.1 Å². The number of hydrogen-bond acceptors (Lipinski definition) is 4. The van der Waals surface area contributed by atoms with Crippen LogP contribution in [0.15, 0.2) is 47.4 Å². The molecular weight excluding hydrogens is 318 g/mol. The molecule has 0 aliphatic rings. The summed E-state index contributed by atoms with van der Waals surface area (Å²) in [6.45, 7) is 1.62. The van der Waals surface area contributed by atoms with Gasteiger partial charge in [-0.3, -0.25) is 4.79 Å². The highest BCUT2D eigenvalue weighted by atomic mass is 32.2. The van der Waals surface area contributed by atoms with Crippen molar-refractivity contribution in [1.82, 2.24) is 4.72 Å². The first-order valence-electron chi connectivity index (χ1n) is 7.10. The fourth-order valence-corrected chi connectivity index (χ4v) is 3.88. The molecule has 0 radical (unpaired) electrons. The molecule has 0 fully saturated rings. The lowest BCUT2D eigenvalue weighted by Crippen LogP contribution is -2.44. The zero-order valence-corrected chi connectivity index (χ0v) is 13.7. The van der Waals surface area contributed by atoms with Gasteiger partial charge in [0.25, 0.3) is 0 Å². The van der Waals surface area contributed by atoms with Gasteiger partial charge in [-0.2, -0.15) is 0 Å². The van der Waals surface area contributed by atoms with Crippen LogP contribution in [0.2, 0.25) is 0 Å². The quantitative estimate of drug-likeness (QED) is 0.806. The highest BCUT2D eigenvalue weighted by Crippen LogP contribution is 2.23. The minimum Gasteiger partial charge on any atom is -0.481 e. The zero-order chi connectivity index (χ0) is 17.0. The van der Waals surface area contributed by atoms with Gasteiger partial charge in [0.2, 0.25) is 10.0 Å². The Kier molecular flexibility index (Phi) is 5.35. The second-order valence-electron chi connectivity index (χ2n) is 5.24. The molecule has 0 aromatic heterocycles. The summed E-state index contributed by atoms with van der Waals surface area (Å²) in [6.07, 6.45) is -0.935. The second-order valence-corrected chi connectivity index (χ2v) is 6.93. The summed E-state index contributed by atoms with van der Waals surface area (Å²) in [7, 11) is -2.47.